The van der Waals surface area contributed by atoms with Crippen molar-refractivity contribution in [1.29, 1.82) is 0 Å². The van der Waals surface area contributed by atoms with E-state index in [-0.39, 0.29) is 9.75 Å². The first-order chi connectivity index (χ1) is 7.25. The van der Waals surface area contributed by atoms with Crippen molar-refractivity contribution < 1.29 is 0 Å². The fourth-order valence-electron chi connectivity index (χ4n) is 1.87. The average Bonchev–Trinajstić information content (AvgIpc) is 2.52. The predicted molar refractivity (Wildman–Crippen MR) is 57.5 cm³/mol. The highest BCUT2D eigenvalue weighted by molar-refractivity contribution is 7.06. The smallest absolute Gasteiger partial charge is 0.255 e. The van der Waals surface area contributed by atoms with Crippen LogP contribution in [-0.4, -0.2) is 9.36 Å². The molecule has 1 aromatic heterocycles. The zero-order valence-corrected chi connectivity index (χ0v) is 8.66. The molecule has 0 aliphatic carbocycles. The summed E-state index contributed by atoms with van der Waals surface area (Å²) in [7, 11) is 0. The molecular weight excluding hydrogens is 212 g/mol. The maximum Gasteiger partial charge on any atom is 0.327 e. The Bertz CT molecular complexity index is 582. The molecule has 2 heterocycles. The van der Waals surface area contributed by atoms with Crippen LogP contribution in [0.5, 0.6) is 0 Å². The molecule has 76 valence electrons. The summed E-state index contributed by atoms with van der Waals surface area (Å²) in [5, 5.41) is 0. The number of hydrogen-bond donors (Lipinski definition) is 0. The monoisotopic (exact) mass is 220 g/mol. The van der Waals surface area contributed by atoms with Gasteiger partial charge in [0.15, 0.2) is 0 Å². The van der Waals surface area contributed by atoms with E-state index in [1.165, 1.54) is 9.36 Å². The molecule has 0 radical (unpaired) electrons. The summed E-state index contributed by atoms with van der Waals surface area (Å²) in [6.45, 7) is 1.02. The highest BCUT2D eigenvalue weighted by Gasteiger charge is 2.17. The molecule has 0 spiro atoms. The van der Waals surface area contributed by atoms with Crippen LogP contribution in [0.1, 0.15) is 11.1 Å². The number of nitrogens with zero attached hydrogens (tertiary/aromatic N) is 2. The molecule has 0 amide bonds. The lowest BCUT2D eigenvalue weighted by Gasteiger charge is -2.19. The minimum absolute atomic E-state index is 0.172. The van der Waals surface area contributed by atoms with E-state index in [9.17, 15) is 9.59 Å². The minimum atomic E-state index is -0.172. The van der Waals surface area contributed by atoms with Crippen molar-refractivity contribution >= 4 is 11.3 Å². The number of fused-ring (bicyclic) bond motifs is 2. The Labute approximate surface area is 89.0 Å². The van der Waals surface area contributed by atoms with Gasteiger partial charge in [-0.15, -0.1) is 0 Å². The fraction of sp³-hybridized carbons (Fsp3) is 0.200. The minimum Gasteiger partial charge on any atom is -0.255 e. The van der Waals surface area contributed by atoms with Crippen LogP contribution < -0.4 is 9.75 Å². The summed E-state index contributed by atoms with van der Waals surface area (Å²) in [5.41, 5.74) is 2.25. The molecule has 1 aromatic carbocycles. The lowest BCUT2D eigenvalue weighted by molar-refractivity contribution is 0.461. The highest BCUT2D eigenvalue weighted by Crippen LogP contribution is 2.15. The van der Waals surface area contributed by atoms with E-state index < -0.39 is 0 Å². The van der Waals surface area contributed by atoms with E-state index in [1.807, 2.05) is 24.3 Å². The number of benzene rings is 1. The third-order valence-corrected chi connectivity index (χ3v) is 3.42. The molecule has 4 nitrogen and oxygen atoms in total. The van der Waals surface area contributed by atoms with Gasteiger partial charge in [0.1, 0.15) is 0 Å². The summed E-state index contributed by atoms with van der Waals surface area (Å²) in [4.78, 5) is 22.6. The van der Waals surface area contributed by atoms with E-state index in [4.69, 9.17) is 0 Å². The van der Waals surface area contributed by atoms with E-state index >= 15 is 0 Å². The lowest BCUT2D eigenvalue weighted by atomic mass is 10.1. The Kier molecular flexibility index (Phi) is 1.70. The molecule has 0 atom stereocenters. The largest absolute Gasteiger partial charge is 0.327 e. The van der Waals surface area contributed by atoms with Crippen molar-refractivity contribution in [1.82, 2.24) is 9.36 Å². The van der Waals surface area contributed by atoms with Crippen LogP contribution in [0.4, 0.5) is 0 Å². The first kappa shape index (κ1) is 8.67. The van der Waals surface area contributed by atoms with Crippen LogP contribution in [0.25, 0.3) is 0 Å². The molecule has 5 heteroatoms. The zero-order valence-electron chi connectivity index (χ0n) is 7.84. The molecule has 0 N–H and O–H groups in total. The van der Waals surface area contributed by atoms with Gasteiger partial charge in [-0.2, -0.15) is 0 Å². The third-order valence-electron chi connectivity index (χ3n) is 2.65. The molecule has 3 rings (SSSR count). The normalized spacial score (nSPS) is 13.3. The van der Waals surface area contributed by atoms with Gasteiger partial charge >= 0.3 is 9.75 Å². The van der Waals surface area contributed by atoms with Gasteiger partial charge in [-0.25, -0.2) is 9.36 Å². The zero-order chi connectivity index (χ0) is 10.4. The molecule has 1 aliphatic heterocycles. The Morgan fingerprint density at radius 2 is 1.40 bits per heavy atom. The highest BCUT2D eigenvalue weighted by atomic mass is 32.1. The molecule has 15 heavy (non-hydrogen) atoms. The van der Waals surface area contributed by atoms with E-state index in [0.717, 1.165) is 22.5 Å². The second-order valence-corrected chi connectivity index (χ2v) is 4.42. The van der Waals surface area contributed by atoms with Gasteiger partial charge in [0, 0.05) is 0 Å². The van der Waals surface area contributed by atoms with Gasteiger partial charge in [0.2, 0.25) is 0 Å². The molecule has 0 fully saturated rings. The SMILES string of the molecule is O=c1sc(=O)n2n1Cc1ccccc1C2. The van der Waals surface area contributed by atoms with Gasteiger partial charge < -0.3 is 0 Å². The molecule has 0 unspecified atom stereocenters. The summed E-state index contributed by atoms with van der Waals surface area (Å²) in [6, 6.07) is 7.88. The topological polar surface area (TPSA) is 44.0 Å². The third kappa shape index (κ3) is 1.20. The van der Waals surface area contributed by atoms with Gasteiger partial charge in [0.05, 0.1) is 13.1 Å². The standard InChI is InChI=1S/C10H8N2O2S/c13-9-11-5-7-3-1-2-4-8(7)6-12(11)10(14)15-9/h1-4H,5-6H2. The lowest BCUT2D eigenvalue weighted by Crippen LogP contribution is -2.32. The Balaban J connectivity index is 2.25. The Hall–Kier alpha value is -1.62. The van der Waals surface area contributed by atoms with Gasteiger partial charge in [0.25, 0.3) is 0 Å². The fourth-order valence-corrected chi connectivity index (χ4v) is 2.55. The quantitative estimate of drug-likeness (QED) is 0.553. The van der Waals surface area contributed by atoms with E-state index in [0.29, 0.717) is 13.1 Å². The predicted octanol–water partition coefficient (Wildman–Crippen LogP) is 0.481. The van der Waals surface area contributed by atoms with Crippen molar-refractivity contribution in [3.8, 4) is 0 Å². The van der Waals surface area contributed by atoms with Crippen molar-refractivity contribution in [3.63, 3.8) is 0 Å². The summed E-state index contributed by atoms with van der Waals surface area (Å²) in [5.74, 6) is 0. The average molecular weight is 220 g/mol. The summed E-state index contributed by atoms with van der Waals surface area (Å²) in [6.07, 6.45) is 0. The van der Waals surface area contributed by atoms with E-state index in [2.05, 4.69) is 0 Å². The van der Waals surface area contributed by atoms with E-state index in [1.54, 1.807) is 0 Å². The second-order valence-electron chi connectivity index (χ2n) is 3.52. The van der Waals surface area contributed by atoms with Crippen LogP contribution >= 0.6 is 11.3 Å². The van der Waals surface area contributed by atoms with Gasteiger partial charge in [-0.3, -0.25) is 9.59 Å². The number of rotatable bonds is 0. The molecule has 0 saturated heterocycles. The van der Waals surface area contributed by atoms with Crippen LogP contribution in [0.3, 0.4) is 0 Å². The number of aromatic nitrogens is 2. The molecule has 1 aliphatic rings. The van der Waals surface area contributed by atoms with Crippen LogP contribution in [-0.2, 0) is 13.1 Å². The summed E-state index contributed by atoms with van der Waals surface area (Å²) < 4.78 is 3.02. The van der Waals surface area contributed by atoms with Gasteiger partial charge in [-0.05, 0) is 22.5 Å². The van der Waals surface area contributed by atoms with Crippen LogP contribution in [0, 0.1) is 0 Å². The first-order valence-electron chi connectivity index (χ1n) is 4.63. The molecular formula is C10H8N2O2S. The maximum atomic E-state index is 11.5. The van der Waals surface area contributed by atoms with Gasteiger partial charge in [-0.1, -0.05) is 24.3 Å². The van der Waals surface area contributed by atoms with Crippen molar-refractivity contribution in [2.75, 3.05) is 0 Å². The van der Waals surface area contributed by atoms with Crippen LogP contribution in [0.2, 0.25) is 0 Å². The molecule has 0 bridgehead atoms. The van der Waals surface area contributed by atoms with Crippen LogP contribution in [0.15, 0.2) is 33.9 Å². The van der Waals surface area contributed by atoms with Crippen molar-refractivity contribution in [2.24, 2.45) is 0 Å². The molecule has 2 aromatic rings. The summed E-state index contributed by atoms with van der Waals surface area (Å²) >= 11 is 0.770. The molecule has 0 saturated carbocycles. The maximum absolute atomic E-state index is 11.5. The Morgan fingerprint density at radius 1 is 0.933 bits per heavy atom. The number of hydrogen-bond acceptors (Lipinski definition) is 3. The second kappa shape index (κ2) is 2.93. The van der Waals surface area contributed by atoms with Crippen molar-refractivity contribution in [3.05, 3.63) is 54.7 Å². The van der Waals surface area contributed by atoms with Crippen molar-refractivity contribution in [2.45, 2.75) is 13.1 Å². The Morgan fingerprint density at radius 3 is 1.87 bits per heavy atom. The first-order valence-corrected chi connectivity index (χ1v) is 5.45.